The van der Waals surface area contributed by atoms with Gasteiger partial charge in [0.2, 0.25) is 0 Å². The minimum absolute atomic E-state index is 0.0591. The molecule has 4 fully saturated rings. The van der Waals surface area contributed by atoms with Crippen LogP contribution in [0.1, 0.15) is 123 Å². The van der Waals surface area contributed by atoms with Crippen molar-refractivity contribution < 1.29 is 9.90 Å². The monoisotopic (exact) mass is 548 g/mol. The second kappa shape index (κ2) is 10.8. The average Bonchev–Trinajstić information content (AvgIpc) is 3.23. The Bertz CT molecular complexity index is 1120. The second-order valence-corrected chi connectivity index (χ2v) is 15.6. The first-order valence-electron chi connectivity index (χ1n) is 16.3. The Balaban J connectivity index is 1.35. The summed E-state index contributed by atoms with van der Waals surface area (Å²) in [5.41, 5.74) is 15.3. The third kappa shape index (κ3) is 4.95. The van der Waals surface area contributed by atoms with Crippen LogP contribution in [0.2, 0.25) is 0 Å². The molecule has 1 aromatic carbocycles. The fourth-order valence-corrected chi connectivity index (χ4v) is 11.2. The molecule has 10 atom stereocenters. The van der Waals surface area contributed by atoms with Gasteiger partial charge in [0.1, 0.15) is 0 Å². The molecule has 5 N–H and O–H groups in total. The Morgan fingerprint density at radius 2 is 1.60 bits per heavy atom. The average molecular weight is 549 g/mol. The van der Waals surface area contributed by atoms with Gasteiger partial charge in [-0.05, 0) is 143 Å². The van der Waals surface area contributed by atoms with Crippen molar-refractivity contribution in [2.75, 3.05) is 11.5 Å². The number of rotatable bonds is 7. The molecule has 0 amide bonds. The van der Waals surface area contributed by atoms with Crippen molar-refractivity contribution in [3.05, 3.63) is 35.4 Å². The number of carbonyl (C=O) groups is 1. The Morgan fingerprint density at radius 3 is 2.27 bits per heavy atom. The van der Waals surface area contributed by atoms with Gasteiger partial charge in [0.05, 0.1) is 6.10 Å². The lowest BCUT2D eigenvalue weighted by molar-refractivity contribution is -0.183. The number of benzene rings is 1. The lowest BCUT2D eigenvalue weighted by Gasteiger charge is -2.65. The van der Waals surface area contributed by atoms with Gasteiger partial charge >= 0.3 is 0 Å². The van der Waals surface area contributed by atoms with E-state index in [1.54, 1.807) is 18.2 Å². The normalized spacial score (nSPS) is 41.4. The van der Waals surface area contributed by atoms with Crippen LogP contribution in [0.25, 0.3) is 0 Å². The molecule has 0 heterocycles. The molecular weight excluding hydrogens is 492 g/mol. The number of hydrogen-bond donors (Lipinski definition) is 3. The third-order valence-electron chi connectivity index (χ3n) is 13.2. The van der Waals surface area contributed by atoms with Gasteiger partial charge in [-0.15, -0.1) is 0 Å². The van der Waals surface area contributed by atoms with Crippen molar-refractivity contribution >= 4 is 17.2 Å². The fourth-order valence-electron chi connectivity index (χ4n) is 11.2. The number of fused-ring (bicyclic) bond motifs is 5. The molecule has 0 aliphatic heterocycles. The zero-order valence-electron chi connectivity index (χ0n) is 26.1. The molecule has 0 aromatic heterocycles. The molecule has 0 radical (unpaired) electrons. The molecule has 0 saturated heterocycles. The molecule has 222 valence electrons. The number of hydrogen-bond acceptors (Lipinski definition) is 4. The third-order valence-corrected chi connectivity index (χ3v) is 13.2. The number of anilines is 2. The number of aliphatic hydroxyl groups excluding tert-OH is 1. The fraction of sp³-hybridized carbons (Fsp3) is 0.750. The van der Waals surface area contributed by atoms with Crippen molar-refractivity contribution in [3.63, 3.8) is 0 Å². The first-order chi connectivity index (χ1) is 18.8. The van der Waals surface area contributed by atoms with E-state index in [0.29, 0.717) is 40.6 Å². The highest BCUT2D eigenvalue weighted by molar-refractivity contribution is 5.98. The summed E-state index contributed by atoms with van der Waals surface area (Å²) >= 11 is 0. The lowest BCUT2D eigenvalue weighted by atomic mass is 9.40. The predicted molar refractivity (Wildman–Crippen MR) is 167 cm³/mol. The molecule has 40 heavy (non-hydrogen) atoms. The van der Waals surface area contributed by atoms with E-state index in [9.17, 15) is 9.90 Å². The Labute approximate surface area is 243 Å². The molecule has 4 aliphatic rings. The largest absolute Gasteiger partial charge is 0.399 e. The first-order valence-corrected chi connectivity index (χ1v) is 16.3. The predicted octanol–water partition coefficient (Wildman–Crippen LogP) is 8.44. The summed E-state index contributed by atoms with van der Waals surface area (Å²) < 4.78 is 0. The summed E-state index contributed by atoms with van der Waals surface area (Å²) in [5, 5.41) is 11.5. The zero-order chi connectivity index (χ0) is 29.0. The van der Waals surface area contributed by atoms with Crippen LogP contribution >= 0.6 is 0 Å². The number of aliphatic hydroxyl groups is 1. The van der Waals surface area contributed by atoms with Gasteiger partial charge in [-0.25, -0.2) is 0 Å². The van der Waals surface area contributed by atoms with Gasteiger partial charge in [0.25, 0.3) is 0 Å². The molecule has 0 spiro atoms. The maximum absolute atomic E-state index is 13.6. The summed E-state index contributed by atoms with van der Waals surface area (Å²) in [6.07, 6.45) is 14.6. The minimum atomic E-state index is -0.448. The Kier molecular flexibility index (Phi) is 8.00. The van der Waals surface area contributed by atoms with Gasteiger partial charge in [-0.1, -0.05) is 39.3 Å². The van der Waals surface area contributed by atoms with Crippen LogP contribution in [0, 0.1) is 51.8 Å². The molecule has 4 saturated carbocycles. The Morgan fingerprint density at radius 1 is 0.950 bits per heavy atom. The summed E-state index contributed by atoms with van der Waals surface area (Å²) in [6, 6.07) is 5.18. The van der Waals surface area contributed by atoms with E-state index in [2.05, 4.69) is 47.6 Å². The quantitative estimate of drug-likeness (QED) is 0.181. The van der Waals surface area contributed by atoms with E-state index in [0.717, 1.165) is 42.9 Å². The zero-order valence-corrected chi connectivity index (χ0v) is 26.1. The van der Waals surface area contributed by atoms with Crippen LogP contribution in [0.4, 0.5) is 11.4 Å². The SMILES string of the molecule is CC(C)=CCCC(C)C1CCC2C3CCC4C(C)(CC(=O)c5cc(N)cc(N)c5)C(O)CCC4(C)C3CCC12C. The number of carbonyl (C=O) groups excluding carboxylic acids is 1. The highest BCUT2D eigenvalue weighted by Crippen LogP contribution is 2.70. The van der Waals surface area contributed by atoms with Crippen LogP contribution in [0.3, 0.4) is 0 Å². The molecule has 4 nitrogen and oxygen atoms in total. The summed E-state index contributed by atoms with van der Waals surface area (Å²) in [4.78, 5) is 13.6. The molecule has 1 aromatic rings. The van der Waals surface area contributed by atoms with E-state index in [1.807, 2.05) is 0 Å². The van der Waals surface area contributed by atoms with Crippen molar-refractivity contribution in [1.82, 2.24) is 0 Å². The number of allylic oxidation sites excluding steroid dienone is 2. The second-order valence-electron chi connectivity index (χ2n) is 15.6. The van der Waals surface area contributed by atoms with Gasteiger partial charge in [-0.3, -0.25) is 4.79 Å². The molecule has 0 bridgehead atoms. The van der Waals surface area contributed by atoms with Crippen LogP contribution in [0.5, 0.6) is 0 Å². The van der Waals surface area contributed by atoms with E-state index in [4.69, 9.17) is 11.5 Å². The van der Waals surface area contributed by atoms with Gasteiger partial charge in [-0.2, -0.15) is 0 Å². The first kappa shape index (κ1) is 29.7. The van der Waals surface area contributed by atoms with E-state index in [-0.39, 0.29) is 11.2 Å². The van der Waals surface area contributed by atoms with Crippen molar-refractivity contribution in [2.45, 2.75) is 118 Å². The maximum atomic E-state index is 13.6. The highest BCUT2D eigenvalue weighted by atomic mass is 16.3. The summed E-state index contributed by atoms with van der Waals surface area (Å²) in [5.74, 6) is 4.37. The smallest absolute Gasteiger partial charge is 0.163 e. The molecule has 4 heteroatoms. The van der Waals surface area contributed by atoms with Gasteiger partial charge < -0.3 is 16.6 Å². The van der Waals surface area contributed by atoms with E-state index in [1.165, 1.54) is 50.5 Å². The molecule has 4 aliphatic carbocycles. The van der Waals surface area contributed by atoms with E-state index < -0.39 is 11.5 Å². The van der Waals surface area contributed by atoms with Crippen molar-refractivity contribution in [1.29, 1.82) is 0 Å². The summed E-state index contributed by atoms with van der Waals surface area (Å²) in [6.45, 7) is 14.4. The molecule has 10 unspecified atom stereocenters. The number of Topliss-reactive ketones (excluding diaryl/α,β-unsaturated/α-hetero) is 1. The minimum Gasteiger partial charge on any atom is -0.399 e. The molecule has 5 rings (SSSR count). The van der Waals surface area contributed by atoms with Crippen LogP contribution in [0.15, 0.2) is 29.8 Å². The lowest BCUT2D eigenvalue weighted by Crippen LogP contribution is -2.60. The number of nitrogens with two attached hydrogens (primary N) is 2. The van der Waals surface area contributed by atoms with Gasteiger partial charge in [0.15, 0.2) is 5.78 Å². The number of nitrogen functional groups attached to an aromatic ring is 2. The maximum Gasteiger partial charge on any atom is 0.163 e. The Hall–Kier alpha value is -1.81. The van der Waals surface area contributed by atoms with Crippen LogP contribution in [-0.2, 0) is 0 Å². The topological polar surface area (TPSA) is 89.3 Å². The van der Waals surface area contributed by atoms with Crippen LogP contribution in [-0.4, -0.2) is 17.0 Å². The highest BCUT2D eigenvalue weighted by Gasteiger charge is 2.64. The summed E-state index contributed by atoms with van der Waals surface area (Å²) in [7, 11) is 0. The van der Waals surface area contributed by atoms with Gasteiger partial charge in [0, 0.05) is 28.8 Å². The van der Waals surface area contributed by atoms with Crippen LogP contribution < -0.4 is 11.5 Å². The number of ketones is 1. The van der Waals surface area contributed by atoms with Crippen molar-refractivity contribution in [2.24, 2.45) is 51.8 Å². The van der Waals surface area contributed by atoms with Crippen molar-refractivity contribution in [3.8, 4) is 0 Å². The van der Waals surface area contributed by atoms with E-state index >= 15 is 0 Å². The standard InChI is InChI=1S/C36H56N2O2/c1-22(2)8-7-9-23(3)28-11-12-29-27-10-13-32-35(5,30(27)14-16-34(28,29)4)17-15-33(40)36(32,6)21-31(39)24-18-25(37)20-26(38)19-24/h8,18-20,23,27-30,32-33,40H,7,9-17,21,37-38H2,1-6H3. The molecular formula is C36H56N2O2.